The van der Waals surface area contributed by atoms with E-state index in [1.807, 2.05) is 11.8 Å². The number of piperazine rings is 1. The summed E-state index contributed by atoms with van der Waals surface area (Å²) in [6.07, 6.45) is 2.86. The minimum atomic E-state index is -0.447. The lowest BCUT2D eigenvalue weighted by atomic mass is 10.0. The number of rotatable bonds is 5. The van der Waals surface area contributed by atoms with Crippen LogP contribution in [0.15, 0.2) is 47.8 Å². The molecule has 3 aromatic rings. The summed E-state index contributed by atoms with van der Waals surface area (Å²) in [7, 11) is 2.06. The summed E-state index contributed by atoms with van der Waals surface area (Å²) in [4.78, 5) is 41.0. The van der Waals surface area contributed by atoms with Crippen LogP contribution in [-0.4, -0.2) is 76.1 Å². The van der Waals surface area contributed by atoms with E-state index in [2.05, 4.69) is 23.5 Å². The lowest BCUT2D eigenvalue weighted by molar-refractivity contribution is -0.126. The maximum atomic E-state index is 13.8. The third-order valence-electron chi connectivity index (χ3n) is 7.25. The van der Waals surface area contributed by atoms with E-state index < -0.39 is 11.5 Å². The smallest absolute Gasteiger partial charge is 0.351 e. The van der Waals surface area contributed by atoms with E-state index in [9.17, 15) is 14.0 Å². The van der Waals surface area contributed by atoms with Gasteiger partial charge in [0.2, 0.25) is 11.8 Å². The van der Waals surface area contributed by atoms with Gasteiger partial charge in [-0.3, -0.25) is 9.36 Å². The van der Waals surface area contributed by atoms with E-state index in [-0.39, 0.29) is 34.6 Å². The molecular weight excluding hydrogens is 511 g/mol. The van der Waals surface area contributed by atoms with Crippen LogP contribution < -0.4 is 15.3 Å². The van der Waals surface area contributed by atoms with Crippen molar-refractivity contribution in [2.75, 3.05) is 44.7 Å². The molecule has 0 unspecified atom stereocenters. The van der Waals surface area contributed by atoms with Crippen LogP contribution in [0.1, 0.15) is 25.8 Å². The number of amides is 1. The number of halogens is 2. The van der Waals surface area contributed by atoms with Crippen molar-refractivity contribution in [2.45, 2.75) is 31.8 Å². The van der Waals surface area contributed by atoms with E-state index in [4.69, 9.17) is 21.3 Å². The molecule has 0 N–H and O–H groups in total. The van der Waals surface area contributed by atoms with Crippen molar-refractivity contribution < 1.29 is 13.9 Å². The normalized spacial score (nSPS) is 19.1. The van der Waals surface area contributed by atoms with Gasteiger partial charge in [0.1, 0.15) is 22.4 Å². The van der Waals surface area contributed by atoms with Crippen molar-refractivity contribution in [1.82, 2.24) is 24.3 Å². The zero-order valence-corrected chi connectivity index (χ0v) is 22.2. The summed E-state index contributed by atoms with van der Waals surface area (Å²) in [6.45, 7) is 8.67. The van der Waals surface area contributed by atoms with E-state index in [1.165, 1.54) is 24.3 Å². The minimum absolute atomic E-state index is 0.0810. The fourth-order valence-electron chi connectivity index (χ4n) is 5.22. The van der Waals surface area contributed by atoms with Gasteiger partial charge in [-0.2, -0.15) is 9.97 Å². The number of hydrogen-bond acceptors (Lipinski definition) is 7. The summed E-state index contributed by atoms with van der Waals surface area (Å²) in [5.74, 6) is 0.224. The second-order valence-electron chi connectivity index (χ2n) is 9.86. The number of likely N-dealkylation sites (tertiary alicyclic amines) is 1. The maximum Gasteiger partial charge on any atom is 0.351 e. The molecule has 1 atom stereocenters. The largest absolute Gasteiger partial charge is 0.437 e. The number of carbonyl (C=O) groups excluding carboxylic acids is 1. The van der Waals surface area contributed by atoms with Gasteiger partial charge in [-0.1, -0.05) is 24.2 Å². The number of anilines is 1. The second kappa shape index (κ2) is 10.7. The van der Waals surface area contributed by atoms with Crippen LogP contribution in [0.25, 0.3) is 11.0 Å². The fraction of sp³-hybridized carbons (Fsp3) is 0.407. The Morgan fingerprint density at radius 1 is 1.18 bits per heavy atom. The van der Waals surface area contributed by atoms with Crippen molar-refractivity contribution in [2.24, 2.45) is 0 Å². The summed E-state index contributed by atoms with van der Waals surface area (Å²) in [5.41, 5.74) is 0.0209. The Morgan fingerprint density at radius 2 is 1.95 bits per heavy atom. The number of ether oxygens (including phenoxy) is 1. The first kappa shape index (κ1) is 26.1. The number of hydrogen-bond donors (Lipinski definition) is 0. The molecule has 11 heteroatoms. The second-order valence-corrected chi connectivity index (χ2v) is 10.3. The zero-order valence-electron chi connectivity index (χ0n) is 21.4. The first-order valence-corrected chi connectivity index (χ1v) is 13.1. The molecule has 2 aliphatic heterocycles. The first-order valence-electron chi connectivity index (χ1n) is 12.7. The number of nitrogens with zero attached hydrogens (tertiary/aromatic N) is 6. The van der Waals surface area contributed by atoms with Crippen LogP contribution in [0.5, 0.6) is 11.6 Å². The summed E-state index contributed by atoms with van der Waals surface area (Å²) >= 11 is 6.64. The molecule has 0 aliphatic carbocycles. The van der Waals surface area contributed by atoms with Crippen molar-refractivity contribution in [1.29, 1.82) is 0 Å². The van der Waals surface area contributed by atoms with Crippen LogP contribution in [0.4, 0.5) is 10.2 Å². The van der Waals surface area contributed by atoms with Crippen LogP contribution >= 0.6 is 11.6 Å². The Hall–Kier alpha value is -3.50. The van der Waals surface area contributed by atoms with Gasteiger partial charge in [-0.05, 0) is 64.2 Å². The highest BCUT2D eigenvalue weighted by Gasteiger charge is 2.31. The molecular formula is C27H30ClFN6O3. The molecule has 0 saturated carbocycles. The highest BCUT2D eigenvalue weighted by atomic mass is 35.5. The molecule has 2 fully saturated rings. The number of aromatic nitrogens is 3. The molecule has 0 radical (unpaired) electrons. The third kappa shape index (κ3) is 5.10. The van der Waals surface area contributed by atoms with Gasteiger partial charge in [0.05, 0.1) is 5.39 Å². The van der Waals surface area contributed by atoms with Crippen molar-refractivity contribution in [3.63, 3.8) is 0 Å². The van der Waals surface area contributed by atoms with Crippen LogP contribution in [0, 0.1) is 5.82 Å². The highest BCUT2D eigenvalue weighted by Crippen LogP contribution is 2.36. The van der Waals surface area contributed by atoms with Crippen LogP contribution in [-0.2, 0) is 4.79 Å². The number of fused-ring (bicyclic) bond motifs is 1. The number of piperidine rings is 1. The quantitative estimate of drug-likeness (QED) is 0.454. The number of benzene rings is 1. The SMILES string of the molecule is C=CC(=O)N1CCN(c2nc(=O)n(C3CCN(C)CC3)c3nc(Oc4cccc(F)c4)c(Cl)cc23)[C@@H](C)C1. The average molecular weight is 541 g/mol. The Balaban J connectivity index is 1.62. The Labute approximate surface area is 225 Å². The predicted molar refractivity (Wildman–Crippen MR) is 145 cm³/mol. The van der Waals surface area contributed by atoms with E-state index >= 15 is 0 Å². The lowest BCUT2D eigenvalue weighted by Crippen LogP contribution is -2.54. The molecule has 2 aromatic heterocycles. The van der Waals surface area contributed by atoms with Crippen LogP contribution in [0.2, 0.25) is 5.02 Å². The topological polar surface area (TPSA) is 83.8 Å². The molecule has 4 heterocycles. The van der Waals surface area contributed by atoms with Gasteiger partial charge in [-0.15, -0.1) is 0 Å². The van der Waals surface area contributed by atoms with E-state index in [1.54, 1.807) is 21.6 Å². The Bertz CT molecular complexity index is 1440. The Kier molecular flexibility index (Phi) is 7.36. The third-order valence-corrected chi connectivity index (χ3v) is 7.52. The summed E-state index contributed by atoms with van der Waals surface area (Å²) in [6, 6.07) is 7.23. The standard InChI is InChI=1S/C27H30ClFN6O3/c1-4-23(36)33-12-13-34(17(2)16-33)24-21-15-22(28)26(38-20-7-5-6-18(29)14-20)30-25(21)35(27(37)31-24)19-8-10-32(3)11-9-19/h4-7,14-15,17,19H,1,8-13,16H2,2-3H3/t17-/m0/s1. The van der Waals surface area contributed by atoms with E-state index in [0.717, 1.165) is 25.9 Å². The minimum Gasteiger partial charge on any atom is -0.437 e. The van der Waals surface area contributed by atoms with Crippen LogP contribution in [0.3, 0.4) is 0 Å². The molecule has 1 amide bonds. The lowest BCUT2D eigenvalue weighted by Gasteiger charge is -2.40. The maximum absolute atomic E-state index is 13.8. The molecule has 200 valence electrons. The summed E-state index contributed by atoms with van der Waals surface area (Å²) in [5, 5.41) is 0.835. The van der Waals surface area contributed by atoms with Gasteiger partial charge in [0, 0.05) is 37.8 Å². The number of pyridine rings is 1. The molecule has 9 nitrogen and oxygen atoms in total. The van der Waals surface area contributed by atoms with E-state index in [0.29, 0.717) is 36.5 Å². The predicted octanol–water partition coefficient (Wildman–Crippen LogP) is 3.87. The zero-order chi connectivity index (χ0) is 27.0. The molecule has 0 bridgehead atoms. The first-order chi connectivity index (χ1) is 18.2. The molecule has 0 spiro atoms. The van der Waals surface area contributed by atoms with Crippen molar-refractivity contribution >= 4 is 34.4 Å². The molecule has 38 heavy (non-hydrogen) atoms. The fourth-order valence-corrected chi connectivity index (χ4v) is 5.41. The molecule has 1 aromatic carbocycles. The molecule has 2 aliphatic rings. The Morgan fingerprint density at radius 3 is 2.63 bits per heavy atom. The van der Waals surface area contributed by atoms with Gasteiger partial charge in [0.15, 0.2) is 5.65 Å². The monoisotopic (exact) mass is 540 g/mol. The molecule has 2 saturated heterocycles. The van der Waals surface area contributed by atoms with Gasteiger partial charge < -0.3 is 19.4 Å². The van der Waals surface area contributed by atoms with Crippen molar-refractivity contribution in [3.05, 3.63) is 64.3 Å². The molecule has 5 rings (SSSR count). The van der Waals surface area contributed by atoms with Gasteiger partial charge in [-0.25, -0.2) is 9.18 Å². The summed E-state index contributed by atoms with van der Waals surface area (Å²) < 4.78 is 21.3. The van der Waals surface area contributed by atoms with Gasteiger partial charge in [0.25, 0.3) is 0 Å². The highest BCUT2D eigenvalue weighted by molar-refractivity contribution is 6.32. The van der Waals surface area contributed by atoms with Gasteiger partial charge >= 0.3 is 5.69 Å². The number of carbonyl (C=O) groups is 1. The van der Waals surface area contributed by atoms with Crippen molar-refractivity contribution in [3.8, 4) is 11.6 Å². The average Bonchev–Trinajstić information content (AvgIpc) is 2.89.